The lowest BCUT2D eigenvalue weighted by Gasteiger charge is -2.12. The molecule has 3 heteroatoms. The molecule has 80 valence electrons. The Bertz CT molecular complexity index is 297. The van der Waals surface area contributed by atoms with Crippen LogP contribution in [0.15, 0.2) is 4.42 Å². The SMILES string of the molecule is Cc1nc(C(C)(C)C)oc1CCCN. The van der Waals surface area contributed by atoms with E-state index >= 15 is 0 Å². The van der Waals surface area contributed by atoms with E-state index in [9.17, 15) is 0 Å². The predicted molar refractivity (Wildman–Crippen MR) is 57.3 cm³/mol. The lowest BCUT2D eigenvalue weighted by Crippen LogP contribution is -2.11. The van der Waals surface area contributed by atoms with Crippen molar-refractivity contribution in [2.45, 2.75) is 46.0 Å². The first-order chi connectivity index (χ1) is 6.45. The molecule has 3 nitrogen and oxygen atoms in total. The molecule has 0 aliphatic rings. The van der Waals surface area contributed by atoms with Crippen molar-refractivity contribution in [3.05, 3.63) is 17.3 Å². The highest BCUT2D eigenvalue weighted by molar-refractivity contribution is 5.11. The molecule has 1 aromatic heterocycles. The number of oxazole rings is 1. The van der Waals surface area contributed by atoms with Crippen LogP contribution >= 0.6 is 0 Å². The molecule has 1 aromatic rings. The molecule has 0 aliphatic carbocycles. The fourth-order valence-corrected chi connectivity index (χ4v) is 1.24. The van der Waals surface area contributed by atoms with Crippen LogP contribution in [0.2, 0.25) is 0 Å². The maximum atomic E-state index is 5.71. The second-order valence-corrected chi connectivity index (χ2v) is 4.67. The molecule has 0 atom stereocenters. The summed E-state index contributed by atoms with van der Waals surface area (Å²) in [6.07, 6.45) is 1.85. The van der Waals surface area contributed by atoms with Crippen molar-refractivity contribution in [2.24, 2.45) is 5.73 Å². The highest BCUT2D eigenvalue weighted by Crippen LogP contribution is 2.24. The van der Waals surface area contributed by atoms with Gasteiger partial charge >= 0.3 is 0 Å². The summed E-state index contributed by atoms with van der Waals surface area (Å²) < 4.78 is 5.71. The Hall–Kier alpha value is -0.830. The van der Waals surface area contributed by atoms with Crippen LogP contribution in [0.3, 0.4) is 0 Å². The molecule has 0 amide bonds. The molecule has 0 radical (unpaired) electrons. The minimum atomic E-state index is -0.00821. The number of nitrogens with two attached hydrogens (primary N) is 1. The van der Waals surface area contributed by atoms with Crippen LogP contribution in [0.4, 0.5) is 0 Å². The highest BCUT2D eigenvalue weighted by Gasteiger charge is 2.21. The quantitative estimate of drug-likeness (QED) is 0.806. The summed E-state index contributed by atoms with van der Waals surface area (Å²) in [6.45, 7) is 9.00. The number of rotatable bonds is 3. The zero-order chi connectivity index (χ0) is 10.8. The standard InChI is InChI=1S/C11H20N2O/c1-8-9(6-5-7-12)14-10(13-8)11(2,3)4/h5-7,12H2,1-4H3. The van der Waals surface area contributed by atoms with Crippen LogP contribution in [0, 0.1) is 6.92 Å². The number of aryl methyl sites for hydroxylation is 2. The van der Waals surface area contributed by atoms with Crippen molar-refractivity contribution in [1.29, 1.82) is 0 Å². The summed E-state index contributed by atoms with van der Waals surface area (Å²) in [5, 5.41) is 0. The van der Waals surface area contributed by atoms with Crippen molar-refractivity contribution >= 4 is 0 Å². The summed E-state index contributed by atoms with van der Waals surface area (Å²) >= 11 is 0. The first kappa shape index (κ1) is 11.2. The minimum absolute atomic E-state index is 0.00821. The van der Waals surface area contributed by atoms with Crippen molar-refractivity contribution in [3.63, 3.8) is 0 Å². The van der Waals surface area contributed by atoms with Crippen molar-refractivity contribution < 1.29 is 4.42 Å². The molecular formula is C11H20N2O. The molecule has 0 saturated carbocycles. The van der Waals surface area contributed by atoms with E-state index in [4.69, 9.17) is 10.2 Å². The second-order valence-electron chi connectivity index (χ2n) is 4.67. The Balaban J connectivity index is 2.82. The van der Waals surface area contributed by atoms with E-state index in [1.165, 1.54) is 0 Å². The van der Waals surface area contributed by atoms with Crippen LogP contribution in [0.5, 0.6) is 0 Å². The lowest BCUT2D eigenvalue weighted by molar-refractivity contribution is 0.371. The van der Waals surface area contributed by atoms with E-state index in [1.807, 2.05) is 6.92 Å². The number of aromatic nitrogens is 1. The largest absolute Gasteiger partial charge is 0.445 e. The molecule has 0 fully saturated rings. The molecule has 0 unspecified atom stereocenters. The van der Waals surface area contributed by atoms with Gasteiger partial charge in [0.15, 0.2) is 5.89 Å². The van der Waals surface area contributed by atoms with Gasteiger partial charge in [0, 0.05) is 11.8 Å². The molecule has 2 N–H and O–H groups in total. The van der Waals surface area contributed by atoms with Crippen molar-refractivity contribution in [3.8, 4) is 0 Å². The van der Waals surface area contributed by atoms with Gasteiger partial charge < -0.3 is 10.2 Å². The van der Waals surface area contributed by atoms with Crippen LogP contribution in [-0.4, -0.2) is 11.5 Å². The van der Waals surface area contributed by atoms with Crippen molar-refractivity contribution in [2.75, 3.05) is 6.54 Å². The Kier molecular flexibility index (Phi) is 3.32. The van der Waals surface area contributed by atoms with Crippen LogP contribution < -0.4 is 5.73 Å². The molecular weight excluding hydrogens is 176 g/mol. The predicted octanol–water partition coefficient (Wildman–Crippen LogP) is 2.17. The second kappa shape index (κ2) is 4.13. The van der Waals surface area contributed by atoms with Crippen LogP contribution in [0.25, 0.3) is 0 Å². The van der Waals surface area contributed by atoms with Gasteiger partial charge in [-0.1, -0.05) is 20.8 Å². The average Bonchev–Trinajstić information content (AvgIpc) is 2.43. The zero-order valence-electron chi connectivity index (χ0n) is 9.55. The molecule has 0 aromatic carbocycles. The van der Waals surface area contributed by atoms with Crippen LogP contribution in [-0.2, 0) is 11.8 Å². The first-order valence-electron chi connectivity index (χ1n) is 5.12. The first-order valence-corrected chi connectivity index (χ1v) is 5.12. The molecule has 1 heterocycles. The van der Waals surface area contributed by atoms with E-state index in [2.05, 4.69) is 25.8 Å². The monoisotopic (exact) mass is 196 g/mol. The Labute approximate surface area is 85.7 Å². The van der Waals surface area contributed by atoms with E-state index < -0.39 is 0 Å². The fourth-order valence-electron chi connectivity index (χ4n) is 1.24. The van der Waals surface area contributed by atoms with E-state index in [0.29, 0.717) is 6.54 Å². The van der Waals surface area contributed by atoms with Gasteiger partial charge in [-0.15, -0.1) is 0 Å². The van der Waals surface area contributed by atoms with Gasteiger partial charge in [-0.2, -0.15) is 0 Å². The number of nitrogens with zero attached hydrogens (tertiary/aromatic N) is 1. The zero-order valence-corrected chi connectivity index (χ0v) is 9.55. The van der Waals surface area contributed by atoms with Gasteiger partial charge in [0.25, 0.3) is 0 Å². The van der Waals surface area contributed by atoms with Gasteiger partial charge in [0.05, 0.1) is 5.69 Å². The summed E-state index contributed by atoms with van der Waals surface area (Å²) in [5.41, 5.74) is 6.45. The highest BCUT2D eigenvalue weighted by atomic mass is 16.4. The van der Waals surface area contributed by atoms with E-state index in [-0.39, 0.29) is 5.41 Å². The fraction of sp³-hybridized carbons (Fsp3) is 0.727. The molecule has 14 heavy (non-hydrogen) atoms. The topological polar surface area (TPSA) is 52.0 Å². The molecule has 0 saturated heterocycles. The Morgan fingerprint density at radius 2 is 2.00 bits per heavy atom. The van der Waals surface area contributed by atoms with Gasteiger partial charge in [-0.3, -0.25) is 0 Å². The van der Waals surface area contributed by atoms with E-state index in [0.717, 1.165) is 30.2 Å². The molecule has 0 aliphatic heterocycles. The summed E-state index contributed by atoms with van der Waals surface area (Å²) in [7, 11) is 0. The van der Waals surface area contributed by atoms with Gasteiger partial charge in [-0.05, 0) is 19.9 Å². The Morgan fingerprint density at radius 3 is 2.43 bits per heavy atom. The third-order valence-corrected chi connectivity index (χ3v) is 2.14. The smallest absolute Gasteiger partial charge is 0.199 e. The summed E-state index contributed by atoms with van der Waals surface area (Å²) in [5.74, 6) is 1.81. The van der Waals surface area contributed by atoms with Gasteiger partial charge in [0.1, 0.15) is 5.76 Å². The van der Waals surface area contributed by atoms with Crippen molar-refractivity contribution in [1.82, 2.24) is 4.98 Å². The Morgan fingerprint density at radius 1 is 1.36 bits per heavy atom. The summed E-state index contributed by atoms with van der Waals surface area (Å²) in [6, 6.07) is 0. The summed E-state index contributed by atoms with van der Waals surface area (Å²) in [4.78, 5) is 4.43. The average molecular weight is 196 g/mol. The number of hydrogen-bond acceptors (Lipinski definition) is 3. The molecule has 0 spiro atoms. The molecule has 0 bridgehead atoms. The number of hydrogen-bond donors (Lipinski definition) is 1. The lowest BCUT2D eigenvalue weighted by atomic mass is 9.97. The normalized spacial score (nSPS) is 12.1. The van der Waals surface area contributed by atoms with Gasteiger partial charge in [0.2, 0.25) is 0 Å². The van der Waals surface area contributed by atoms with Crippen LogP contribution in [0.1, 0.15) is 44.5 Å². The molecule has 1 rings (SSSR count). The van der Waals surface area contributed by atoms with Gasteiger partial charge in [-0.25, -0.2) is 4.98 Å². The minimum Gasteiger partial charge on any atom is -0.445 e. The third kappa shape index (κ3) is 2.58. The third-order valence-electron chi connectivity index (χ3n) is 2.14. The maximum Gasteiger partial charge on any atom is 0.199 e. The maximum absolute atomic E-state index is 5.71. The van der Waals surface area contributed by atoms with E-state index in [1.54, 1.807) is 0 Å².